The molecule has 31 heavy (non-hydrogen) atoms. The normalized spacial score (nSPS) is 19.3. The number of hydrogen-bond donors (Lipinski definition) is 2. The molecule has 1 amide bonds. The standard InChI is InChI=1S/C22H20BrF3N4O/c1-13(14-5-3-2-4-6-14)27-21(31)18-12-20-28-17(15-7-9-16(23)10-8-15)11-19(22(24,25)26)30(20)29-18/h2-10,12-13,17,19,28H,11H2,1H3,(H,27,31)/t13-,17+,19+/m1/s1. The summed E-state index contributed by atoms with van der Waals surface area (Å²) in [5, 5.41) is 9.90. The van der Waals surface area contributed by atoms with E-state index in [1.807, 2.05) is 37.3 Å². The summed E-state index contributed by atoms with van der Waals surface area (Å²) in [4.78, 5) is 12.7. The van der Waals surface area contributed by atoms with Crippen LogP contribution in [0, 0.1) is 0 Å². The number of rotatable bonds is 4. The van der Waals surface area contributed by atoms with E-state index in [1.54, 1.807) is 24.3 Å². The van der Waals surface area contributed by atoms with Crippen LogP contribution < -0.4 is 10.6 Å². The van der Waals surface area contributed by atoms with Gasteiger partial charge in [0.15, 0.2) is 11.7 Å². The van der Waals surface area contributed by atoms with Crippen LogP contribution in [0.4, 0.5) is 19.0 Å². The molecule has 0 radical (unpaired) electrons. The molecule has 3 aromatic rings. The van der Waals surface area contributed by atoms with Crippen molar-refractivity contribution in [3.63, 3.8) is 0 Å². The van der Waals surface area contributed by atoms with E-state index >= 15 is 0 Å². The fraction of sp³-hybridized carbons (Fsp3) is 0.273. The molecule has 2 aromatic carbocycles. The largest absolute Gasteiger partial charge is 0.410 e. The number of carbonyl (C=O) groups is 1. The van der Waals surface area contributed by atoms with Crippen molar-refractivity contribution in [3.8, 4) is 0 Å². The lowest BCUT2D eigenvalue weighted by atomic mass is 9.97. The first-order chi connectivity index (χ1) is 14.7. The minimum Gasteiger partial charge on any atom is -0.363 e. The van der Waals surface area contributed by atoms with E-state index in [2.05, 4.69) is 31.7 Å². The van der Waals surface area contributed by atoms with Gasteiger partial charge in [0.05, 0.1) is 12.1 Å². The van der Waals surface area contributed by atoms with Crippen molar-refractivity contribution in [3.05, 3.63) is 82.0 Å². The smallest absolute Gasteiger partial charge is 0.363 e. The molecule has 0 saturated heterocycles. The number of amides is 1. The summed E-state index contributed by atoms with van der Waals surface area (Å²) in [5.74, 6) is -0.361. The Hall–Kier alpha value is -2.81. The monoisotopic (exact) mass is 492 g/mol. The molecule has 1 aliphatic heterocycles. The first-order valence-electron chi connectivity index (χ1n) is 9.76. The van der Waals surface area contributed by atoms with Crippen LogP contribution in [0.1, 0.15) is 53.1 Å². The summed E-state index contributed by atoms with van der Waals surface area (Å²) in [6, 6.07) is 15.1. The number of fused-ring (bicyclic) bond motifs is 1. The lowest BCUT2D eigenvalue weighted by molar-refractivity contribution is -0.173. The predicted octanol–water partition coefficient (Wildman–Crippen LogP) is 5.80. The minimum absolute atomic E-state index is 0.0593. The van der Waals surface area contributed by atoms with Gasteiger partial charge in [-0.3, -0.25) is 4.79 Å². The molecule has 3 atom stereocenters. The van der Waals surface area contributed by atoms with Gasteiger partial charge in [-0.1, -0.05) is 58.4 Å². The molecule has 0 fully saturated rings. The first kappa shape index (κ1) is 21.4. The average Bonchev–Trinajstić information content (AvgIpc) is 3.17. The minimum atomic E-state index is -4.50. The van der Waals surface area contributed by atoms with Crippen molar-refractivity contribution in [1.82, 2.24) is 15.1 Å². The summed E-state index contributed by atoms with van der Waals surface area (Å²) in [5.41, 5.74) is 1.56. The molecule has 162 valence electrons. The van der Waals surface area contributed by atoms with E-state index in [9.17, 15) is 18.0 Å². The number of halogens is 4. The fourth-order valence-corrected chi connectivity index (χ4v) is 3.96. The van der Waals surface area contributed by atoms with Crippen LogP contribution in [0.5, 0.6) is 0 Å². The van der Waals surface area contributed by atoms with E-state index in [-0.39, 0.29) is 24.0 Å². The first-order valence-corrected chi connectivity index (χ1v) is 10.6. The highest BCUT2D eigenvalue weighted by Crippen LogP contribution is 2.43. The number of nitrogens with zero attached hydrogens (tertiary/aromatic N) is 2. The van der Waals surface area contributed by atoms with Crippen molar-refractivity contribution in [2.24, 2.45) is 0 Å². The Morgan fingerprint density at radius 2 is 1.87 bits per heavy atom. The SMILES string of the molecule is C[C@@H](NC(=O)c1cc2n(n1)[C@H](C(F)(F)F)C[C@@H](c1ccc(Br)cc1)N2)c1ccccc1. The van der Waals surface area contributed by atoms with Crippen LogP contribution in [-0.2, 0) is 0 Å². The highest BCUT2D eigenvalue weighted by molar-refractivity contribution is 9.10. The summed E-state index contributed by atoms with van der Waals surface area (Å²) >= 11 is 3.34. The Kier molecular flexibility index (Phi) is 5.79. The lowest BCUT2D eigenvalue weighted by Crippen LogP contribution is -2.35. The number of aromatic nitrogens is 2. The third-order valence-corrected chi connectivity index (χ3v) is 5.87. The zero-order valence-corrected chi connectivity index (χ0v) is 18.1. The fourth-order valence-electron chi connectivity index (χ4n) is 3.69. The van der Waals surface area contributed by atoms with Crippen LogP contribution in [0.2, 0.25) is 0 Å². The second-order valence-electron chi connectivity index (χ2n) is 7.51. The summed E-state index contributed by atoms with van der Waals surface area (Å²) < 4.78 is 43.2. The third kappa shape index (κ3) is 4.61. The van der Waals surface area contributed by atoms with Gasteiger partial charge in [-0.15, -0.1) is 0 Å². The second-order valence-corrected chi connectivity index (χ2v) is 8.42. The number of hydrogen-bond acceptors (Lipinski definition) is 3. The summed E-state index contributed by atoms with van der Waals surface area (Å²) in [6.07, 6.45) is -4.72. The van der Waals surface area contributed by atoms with E-state index in [0.717, 1.165) is 20.3 Å². The molecule has 0 saturated carbocycles. The van der Waals surface area contributed by atoms with Gasteiger partial charge in [-0.05, 0) is 30.2 Å². The molecule has 0 unspecified atom stereocenters. The quantitative estimate of drug-likeness (QED) is 0.484. The molecule has 0 spiro atoms. The van der Waals surface area contributed by atoms with Crippen LogP contribution in [-0.4, -0.2) is 21.9 Å². The van der Waals surface area contributed by atoms with Gasteiger partial charge < -0.3 is 10.6 Å². The van der Waals surface area contributed by atoms with E-state index in [1.165, 1.54) is 6.07 Å². The van der Waals surface area contributed by atoms with Crippen LogP contribution in [0.15, 0.2) is 65.1 Å². The molecule has 1 aliphatic rings. The molecule has 2 N–H and O–H groups in total. The van der Waals surface area contributed by atoms with E-state index < -0.39 is 24.2 Å². The molecule has 4 rings (SSSR count). The van der Waals surface area contributed by atoms with Crippen LogP contribution in [0.3, 0.4) is 0 Å². The van der Waals surface area contributed by atoms with Crippen molar-refractivity contribution in [1.29, 1.82) is 0 Å². The number of anilines is 1. The molecular weight excluding hydrogens is 473 g/mol. The summed E-state index contributed by atoms with van der Waals surface area (Å²) in [6.45, 7) is 1.81. The van der Waals surface area contributed by atoms with Gasteiger partial charge in [0.2, 0.25) is 0 Å². The Morgan fingerprint density at radius 3 is 2.52 bits per heavy atom. The van der Waals surface area contributed by atoms with Crippen LogP contribution >= 0.6 is 15.9 Å². The van der Waals surface area contributed by atoms with E-state index in [4.69, 9.17) is 0 Å². The highest BCUT2D eigenvalue weighted by Gasteiger charge is 2.46. The van der Waals surface area contributed by atoms with Crippen molar-refractivity contribution in [2.75, 3.05) is 5.32 Å². The van der Waals surface area contributed by atoms with Gasteiger partial charge in [-0.25, -0.2) is 4.68 Å². The Bertz CT molecular complexity index is 1070. The van der Waals surface area contributed by atoms with Crippen LogP contribution in [0.25, 0.3) is 0 Å². The van der Waals surface area contributed by atoms with Crippen molar-refractivity contribution in [2.45, 2.75) is 37.6 Å². The van der Waals surface area contributed by atoms with Gasteiger partial charge in [0.1, 0.15) is 5.82 Å². The number of benzene rings is 2. The number of alkyl halides is 3. The zero-order chi connectivity index (χ0) is 22.2. The van der Waals surface area contributed by atoms with Gasteiger partial charge >= 0.3 is 6.18 Å². The second kappa shape index (κ2) is 8.37. The zero-order valence-electron chi connectivity index (χ0n) is 16.5. The average molecular weight is 493 g/mol. The van der Waals surface area contributed by atoms with E-state index in [0.29, 0.717) is 0 Å². The maximum absolute atomic E-state index is 13.8. The molecule has 0 aliphatic carbocycles. The molecule has 2 heterocycles. The summed E-state index contributed by atoms with van der Waals surface area (Å²) in [7, 11) is 0. The van der Waals surface area contributed by atoms with Gasteiger partial charge in [-0.2, -0.15) is 18.3 Å². The number of nitrogens with one attached hydrogen (secondary N) is 2. The molecular formula is C22H20BrF3N4O. The maximum Gasteiger partial charge on any atom is 0.410 e. The van der Waals surface area contributed by atoms with Crippen molar-refractivity contribution >= 4 is 27.7 Å². The lowest BCUT2D eigenvalue weighted by Gasteiger charge is -2.33. The molecule has 5 nitrogen and oxygen atoms in total. The maximum atomic E-state index is 13.8. The van der Waals surface area contributed by atoms with Crippen molar-refractivity contribution < 1.29 is 18.0 Å². The van der Waals surface area contributed by atoms with Gasteiger partial charge in [0, 0.05) is 17.0 Å². The predicted molar refractivity (Wildman–Crippen MR) is 115 cm³/mol. The Balaban J connectivity index is 1.60. The Labute approximate surface area is 185 Å². The molecule has 9 heteroatoms. The third-order valence-electron chi connectivity index (χ3n) is 5.34. The van der Waals surface area contributed by atoms with Gasteiger partial charge in [0.25, 0.3) is 5.91 Å². The number of carbonyl (C=O) groups excluding carboxylic acids is 1. The highest BCUT2D eigenvalue weighted by atomic mass is 79.9. The Morgan fingerprint density at radius 1 is 1.19 bits per heavy atom. The molecule has 1 aromatic heterocycles. The topological polar surface area (TPSA) is 59.0 Å². The molecule has 0 bridgehead atoms.